The number of carboxylic acids is 1. The van der Waals surface area contributed by atoms with Crippen LogP contribution in [-0.4, -0.2) is 23.0 Å². The Hall–Kier alpha value is -1.58. The van der Waals surface area contributed by atoms with Gasteiger partial charge in [0.05, 0.1) is 0 Å². The van der Waals surface area contributed by atoms with E-state index >= 15 is 0 Å². The molecule has 4 nitrogen and oxygen atoms in total. The minimum absolute atomic E-state index is 0.166. The second-order valence-electron chi connectivity index (χ2n) is 6.61. The first-order valence-electron chi connectivity index (χ1n) is 9.90. The van der Waals surface area contributed by atoms with Gasteiger partial charge >= 0.3 is 5.97 Å². The number of carbonyl (C=O) groups excluding carboxylic acids is 1. The van der Waals surface area contributed by atoms with Gasteiger partial charge in [0.1, 0.15) is 6.04 Å². The van der Waals surface area contributed by atoms with Crippen LogP contribution < -0.4 is 5.32 Å². The molecule has 0 saturated carbocycles. The summed E-state index contributed by atoms with van der Waals surface area (Å²) < 4.78 is 0. The van der Waals surface area contributed by atoms with Crippen LogP contribution in [0.1, 0.15) is 90.9 Å². The SMILES string of the molecule is CCCCC/C=C/C/C=C/CCCCCCCC(=O)N[C@H](C)C(=O)O. The third-order valence-corrected chi connectivity index (χ3v) is 4.10. The number of nitrogens with one attached hydrogen (secondary N) is 1. The number of hydrogen-bond donors (Lipinski definition) is 2. The highest BCUT2D eigenvalue weighted by Gasteiger charge is 2.12. The molecule has 0 radical (unpaired) electrons. The predicted molar refractivity (Wildman–Crippen MR) is 105 cm³/mol. The van der Waals surface area contributed by atoms with Crippen molar-refractivity contribution in [3.05, 3.63) is 24.3 Å². The maximum atomic E-state index is 11.5. The fraction of sp³-hybridized carbons (Fsp3) is 0.714. The van der Waals surface area contributed by atoms with E-state index < -0.39 is 12.0 Å². The molecule has 2 N–H and O–H groups in total. The van der Waals surface area contributed by atoms with Crippen LogP contribution in [0.25, 0.3) is 0 Å². The zero-order valence-corrected chi connectivity index (χ0v) is 16.1. The number of carboxylic acid groups (broad SMARTS) is 1. The number of aliphatic carboxylic acids is 1. The highest BCUT2D eigenvalue weighted by Crippen LogP contribution is 2.08. The second kappa shape index (κ2) is 17.2. The Kier molecular flexibility index (Phi) is 16.2. The summed E-state index contributed by atoms with van der Waals surface area (Å²) in [7, 11) is 0. The molecular weight excluding hydrogens is 314 g/mol. The van der Waals surface area contributed by atoms with Gasteiger partial charge in [-0.3, -0.25) is 9.59 Å². The Labute approximate surface area is 153 Å². The Morgan fingerprint density at radius 3 is 2.04 bits per heavy atom. The van der Waals surface area contributed by atoms with Gasteiger partial charge in [-0.2, -0.15) is 0 Å². The smallest absolute Gasteiger partial charge is 0.325 e. The van der Waals surface area contributed by atoms with Gasteiger partial charge in [-0.15, -0.1) is 0 Å². The molecule has 0 fully saturated rings. The van der Waals surface area contributed by atoms with Crippen molar-refractivity contribution in [3.8, 4) is 0 Å². The molecule has 0 aliphatic heterocycles. The standard InChI is InChI=1S/C21H37NO3/c1-3-4-5-6-7-8-9-10-11-12-13-14-15-16-17-18-20(23)22-19(2)21(24)25/h7-8,10-11,19H,3-6,9,12-18H2,1-2H3,(H,22,23)(H,24,25)/b8-7+,11-10+/t19-/m1/s1. The maximum Gasteiger partial charge on any atom is 0.325 e. The topological polar surface area (TPSA) is 66.4 Å². The Morgan fingerprint density at radius 2 is 1.44 bits per heavy atom. The summed E-state index contributed by atoms with van der Waals surface area (Å²) in [6.07, 6.45) is 22.1. The molecule has 0 aliphatic rings. The minimum atomic E-state index is -0.992. The average molecular weight is 352 g/mol. The molecule has 0 saturated heterocycles. The van der Waals surface area contributed by atoms with Crippen molar-refractivity contribution in [2.75, 3.05) is 0 Å². The number of hydrogen-bond acceptors (Lipinski definition) is 2. The number of allylic oxidation sites excluding steroid dienone is 4. The molecule has 0 bridgehead atoms. The molecule has 0 heterocycles. The summed E-state index contributed by atoms with van der Waals surface area (Å²) in [6, 6.07) is -0.800. The van der Waals surface area contributed by atoms with E-state index in [1.807, 2.05) is 0 Å². The lowest BCUT2D eigenvalue weighted by Gasteiger charge is -2.08. The van der Waals surface area contributed by atoms with E-state index in [1.165, 1.54) is 45.4 Å². The van der Waals surface area contributed by atoms with Crippen LogP contribution in [-0.2, 0) is 9.59 Å². The van der Waals surface area contributed by atoms with E-state index in [0.717, 1.165) is 32.1 Å². The number of amides is 1. The number of unbranched alkanes of at least 4 members (excludes halogenated alkanes) is 8. The summed E-state index contributed by atoms with van der Waals surface area (Å²) in [6.45, 7) is 3.71. The monoisotopic (exact) mass is 351 g/mol. The maximum absolute atomic E-state index is 11.5. The molecule has 25 heavy (non-hydrogen) atoms. The fourth-order valence-corrected chi connectivity index (χ4v) is 2.47. The van der Waals surface area contributed by atoms with Gasteiger partial charge in [0, 0.05) is 6.42 Å². The van der Waals surface area contributed by atoms with Crippen molar-refractivity contribution < 1.29 is 14.7 Å². The molecule has 0 aliphatic carbocycles. The fourth-order valence-electron chi connectivity index (χ4n) is 2.47. The van der Waals surface area contributed by atoms with Crippen molar-refractivity contribution in [1.29, 1.82) is 0 Å². The lowest BCUT2D eigenvalue weighted by atomic mass is 10.1. The van der Waals surface area contributed by atoms with E-state index in [-0.39, 0.29) is 5.91 Å². The van der Waals surface area contributed by atoms with Crippen LogP contribution in [0.4, 0.5) is 0 Å². The molecule has 0 aromatic carbocycles. The van der Waals surface area contributed by atoms with Gasteiger partial charge in [0.25, 0.3) is 0 Å². The molecule has 0 rings (SSSR count). The van der Waals surface area contributed by atoms with Crippen LogP contribution in [0.2, 0.25) is 0 Å². The zero-order valence-electron chi connectivity index (χ0n) is 16.1. The molecule has 0 spiro atoms. The largest absolute Gasteiger partial charge is 0.480 e. The van der Waals surface area contributed by atoms with E-state index in [1.54, 1.807) is 0 Å². The molecule has 144 valence electrons. The van der Waals surface area contributed by atoms with E-state index in [4.69, 9.17) is 5.11 Å². The number of carbonyl (C=O) groups is 2. The van der Waals surface area contributed by atoms with Gasteiger partial charge < -0.3 is 10.4 Å². The second-order valence-corrected chi connectivity index (χ2v) is 6.61. The van der Waals surface area contributed by atoms with Crippen LogP contribution in [0, 0.1) is 0 Å². The Morgan fingerprint density at radius 1 is 0.880 bits per heavy atom. The van der Waals surface area contributed by atoms with E-state index in [2.05, 4.69) is 36.5 Å². The minimum Gasteiger partial charge on any atom is -0.480 e. The van der Waals surface area contributed by atoms with Crippen LogP contribution in [0.5, 0.6) is 0 Å². The molecule has 4 heteroatoms. The van der Waals surface area contributed by atoms with Crippen molar-refractivity contribution in [3.63, 3.8) is 0 Å². The van der Waals surface area contributed by atoms with Gasteiger partial charge in [0.15, 0.2) is 0 Å². The molecule has 0 unspecified atom stereocenters. The first kappa shape index (κ1) is 23.4. The van der Waals surface area contributed by atoms with Gasteiger partial charge in [-0.05, 0) is 45.4 Å². The summed E-state index contributed by atoms with van der Waals surface area (Å²) in [5.41, 5.74) is 0. The Bertz CT molecular complexity index is 402. The lowest BCUT2D eigenvalue weighted by molar-refractivity contribution is -0.141. The average Bonchev–Trinajstić information content (AvgIpc) is 2.58. The van der Waals surface area contributed by atoms with Crippen LogP contribution >= 0.6 is 0 Å². The van der Waals surface area contributed by atoms with E-state index in [0.29, 0.717) is 6.42 Å². The molecule has 0 aromatic rings. The predicted octanol–water partition coefficient (Wildman–Crippen LogP) is 5.39. The van der Waals surface area contributed by atoms with Crippen LogP contribution in [0.15, 0.2) is 24.3 Å². The highest BCUT2D eigenvalue weighted by atomic mass is 16.4. The van der Waals surface area contributed by atoms with Crippen LogP contribution in [0.3, 0.4) is 0 Å². The summed E-state index contributed by atoms with van der Waals surface area (Å²) in [5, 5.41) is 11.2. The normalized spacial score (nSPS) is 12.7. The van der Waals surface area contributed by atoms with E-state index in [9.17, 15) is 9.59 Å². The third-order valence-electron chi connectivity index (χ3n) is 4.10. The number of rotatable bonds is 16. The molecule has 1 atom stereocenters. The summed E-state index contributed by atoms with van der Waals surface area (Å²) >= 11 is 0. The van der Waals surface area contributed by atoms with Crippen molar-refractivity contribution >= 4 is 11.9 Å². The zero-order chi connectivity index (χ0) is 18.8. The van der Waals surface area contributed by atoms with Gasteiger partial charge in [-0.1, -0.05) is 63.3 Å². The third kappa shape index (κ3) is 17.0. The molecule has 1 amide bonds. The summed E-state index contributed by atoms with van der Waals surface area (Å²) in [5.74, 6) is -1.16. The molecule has 0 aromatic heterocycles. The first-order valence-corrected chi connectivity index (χ1v) is 9.90. The van der Waals surface area contributed by atoms with Gasteiger partial charge in [0.2, 0.25) is 5.91 Å². The quantitative estimate of drug-likeness (QED) is 0.289. The lowest BCUT2D eigenvalue weighted by Crippen LogP contribution is -2.38. The summed E-state index contributed by atoms with van der Waals surface area (Å²) in [4.78, 5) is 22.1. The Balaban J connectivity index is 3.37. The van der Waals surface area contributed by atoms with Crippen molar-refractivity contribution in [2.45, 2.75) is 96.9 Å². The van der Waals surface area contributed by atoms with Crippen molar-refractivity contribution in [1.82, 2.24) is 5.32 Å². The molecular formula is C21H37NO3. The van der Waals surface area contributed by atoms with Gasteiger partial charge in [-0.25, -0.2) is 0 Å². The first-order chi connectivity index (χ1) is 12.1. The van der Waals surface area contributed by atoms with Crippen molar-refractivity contribution in [2.24, 2.45) is 0 Å². The highest BCUT2D eigenvalue weighted by molar-refractivity contribution is 5.83.